The molecule has 292 valence electrons. The highest BCUT2D eigenvalue weighted by atomic mass is 32.1. The first-order valence-corrected chi connectivity index (χ1v) is 18.1. The third kappa shape index (κ3) is 9.54. The van der Waals surface area contributed by atoms with Gasteiger partial charge in [-0.1, -0.05) is 42.8 Å². The summed E-state index contributed by atoms with van der Waals surface area (Å²) in [6.45, 7) is 3.97. The Balaban J connectivity index is 1.56. The molecule has 16 heteroatoms. The summed E-state index contributed by atoms with van der Waals surface area (Å²) >= 11 is 1.23. The van der Waals surface area contributed by atoms with Crippen LogP contribution in [0.2, 0.25) is 0 Å². The van der Waals surface area contributed by atoms with Crippen LogP contribution in [-0.4, -0.2) is 61.7 Å². The van der Waals surface area contributed by atoms with Crippen molar-refractivity contribution in [2.75, 3.05) is 32.5 Å². The Morgan fingerprint density at radius 2 is 1.47 bits per heavy atom. The van der Waals surface area contributed by atoms with Crippen LogP contribution in [-0.2, 0) is 26.0 Å². The van der Waals surface area contributed by atoms with E-state index >= 15 is 8.78 Å². The van der Waals surface area contributed by atoms with Crippen molar-refractivity contribution >= 4 is 46.6 Å². The molecule has 55 heavy (non-hydrogen) atoms. The lowest BCUT2D eigenvalue weighted by Crippen LogP contribution is -2.54. The number of amides is 4. The van der Waals surface area contributed by atoms with Crippen molar-refractivity contribution < 1.29 is 50.7 Å². The topological polar surface area (TPSA) is 134 Å². The van der Waals surface area contributed by atoms with Crippen molar-refractivity contribution in [3.05, 3.63) is 105 Å². The van der Waals surface area contributed by atoms with Gasteiger partial charge in [0.1, 0.15) is 5.56 Å². The number of carbonyl (C=O) groups excluding carboxylic acids is 5. The van der Waals surface area contributed by atoms with Gasteiger partial charge in [0.2, 0.25) is 17.6 Å². The van der Waals surface area contributed by atoms with Gasteiger partial charge in [-0.2, -0.15) is 13.2 Å². The summed E-state index contributed by atoms with van der Waals surface area (Å²) < 4.78 is 76.0. The number of hydrogen-bond donors (Lipinski definition) is 3. The van der Waals surface area contributed by atoms with E-state index in [4.69, 9.17) is 4.74 Å². The van der Waals surface area contributed by atoms with Crippen molar-refractivity contribution in [3.63, 3.8) is 0 Å². The quantitative estimate of drug-likeness (QED) is 0.0380. The highest BCUT2D eigenvalue weighted by Crippen LogP contribution is 2.37. The van der Waals surface area contributed by atoms with Crippen LogP contribution in [0.25, 0.3) is 11.1 Å². The Morgan fingerprint density at radius 1 is 0.836 bits per heavy atom. The molecule has 0 saturated carbocycles. The van der Waals surface area contributed by atoms with E-state index in [1.165, 1.54) is 55.8 Å². The number of nitrogens with zero attached hydrogens (tertiary/aromatic N) is 1. The number of hydrogen-bond acceptors (Lipinski definition) is 7. The average molecular weight is 787 g/mol. The SMILES string of the molecule is CCNC(=O)C(CCCCC(=O)Oc1c(F)cc(NC(=O)c2ccccc2-c2ccc(C(F)(F)F)cc2)c(C(=O)N(C)C)c1F)(C(=O)NCC)c1cccs1. The minimum atomic E-state index is -4.59. The summed E-state index contributed by atoms with van der Waals surface area (Å²) in [6, 6.07) is 13.9. The lowest BCUT2D eigenvalue weighted by Gasteiger charge is -2.30. The van der Waals surface area contributed by atoms with Gasteiger partial charge in [-0.25, -0.2) is 8.78 Å². The Bertz CT molecular complexity index is 2020. The molecule has 0 saturated heterocycles. The number of rotatable bonds is 15. The molecule has 3 N–H and O–H groups in total. The van der Waals surface area contributed by atoms with Gasteiger partial charge in [0.05, 0.1) is 11.3 Å². The maximum atomic E-state index is 16.0. The molecule has 1 aromatic heterocycles. The van der Waals surface area contributed by atoms with Crippen molar-refractivity contribution in [3.8, 4) is 16.9 Å². The second-order valence-electron chi connectivity index (χ2n) is 12.5. The van der Waals surface area contributed by atoms with Gasteiger partial charge >= 0.3 is 12.1 Å². The van der Waals surface area contributed by atoms with Gasteiger partial charge in [0.25, 0.3) is 11.8 Å². The number of nitrogens with one attached hydrogen (secondary N) is 3. The smallest absolute Gasteiger partial charge is 0.416 e. The standard InChI is InChI=1S/C39H39F5N4O6S/c1-5-45-36(52)38(37(53)46-6-2,29-14-11-21-55-29)20-10-9-15-30(49)54-33-27(40)22-28(31(32(33)41)35(51)48(3)4)47-34(50)26-13-8-7-12-25(26)23-16-18-24(19-17-23)39(42,43)44/h7-8,11-14,16-19,21-22H,5-6,9-10,15,20H2,1-4H3,(H,45,52)(H,46,53)(H,47,50). The van der Waals surface area contributed by atoms with Crippen LogP contribution >= 0.6 is 11.3 Å². The predicted molar refractivity (Wildman–Crippen MR) is 197 cm³/mol. The zero-order valence-electron chi connectivity index (χ0n) is 30.4. The van der Waals surface area contributed by atoms with E-state index < -0.39 is 75.4 Å². The monoisotopic (exact) mass is 786 g/mol. The molecule has 0 aliphatic heterocycles. The highest BCUT2D eigenvalue weighted by molar-refractivity contribution is 7.10. The number of thiophene rings is 1. The first-order chi connectivity index (χ1) is 26.1. The first-order valence-electron chi connectivity index (χ1n) is 17.2. The lowest BCUT2D eigenvalue weighted by molar-refractivity contribution is -0.139. The Hall–Kier alpha value is -5.64. The largest absolute Gasteiger partial charge is 0.420 e. The number of carbonyl (C=O) groups is 5. The molecule has 0 fully saturated rings. The molecule has 0 bridgehead atoms. The molecule has 0 atom stereocenters. The Morgan fingerprint density at radius 3 is 2.04 bits per heavy atom. The van der Waals surface area contributed by atoms with Crippen molar-refractivity contribution in [1.82, 2.24) is 15.5 Å². The molecule has 4 amide bonds. The van der Waals surface area contributed by atoms with E-state index in [0.717, 1.165) is 17.0 Å². The summed E-state index contributed by atoms with van der Waals surface area (Å²) in [5, 5.41) is 9.48. The number of halogens is 5. The van der Waals surface area contributed by atoms with E-state index in [9.17, 15) is 37.1 Å². The van der Waals surface area contributed by atoms with E-state index in [1.54, 1.807) is 37.4 Å². The van der Waals surface area contributed by atoms with Crippen LogP contribution in [0.4, 0.5) is 27.6 Å². The molecule has 4 aromatic rings. The first kappa shape index (κ1) is 42.1. The predicted octanol–water partition coefficient (Wildman–Crippen LogP) is 7.34. The Labute approximate surface area is 318 Å². The van der Waals surface area contributed by atoms with Gasteiger partial charge in [0.15, 0.2) is 17.0 Å². The summed E-state index contributed by atoms with van der Waals surface area (Å²) in [4.78, 5) is 67.7. The maximum Gasteiger partial charge on any atom is 0.416 e. The minimum absolute atomic E-state index is 0.0130. The number of benzene rings is 3. The molecule has 3 aromatic carbocycles. The molecule has 0 unspecified atom stereocenters. The van der Waals surface area contributed by atoms with E-state index in [1.807, 2.05) is 0 Å². The van der Waals surface area contributed by atoms with Gasteiger partial charge in [0, 0.05) is 50.1 Å². The van der Waals surface area contributed by atoms with Crippen molar-refractivity contribution in [2.24, 2.45) is 0 Å². The number of unbranched alkanes of at least 4 members (excludes halogenated alkanes) is 1. The van der Waals surface area contributed by atoms with E-state index in [2.05, 4.69) is 16.0 Å². The minimum Gasteiger partial charge on any atom is -0.420 e. The third-order valence-corrected chi connectivity index (χ3v) is 9.56. The van der Waals surface area contributed by atoms with E-state index in [-0.39, 0.29) is 55.5 Å². The second-order valence-corrected chi connectivity index (χ2v) is 13.4. The molecule has 0 radical (unpaired) electrons. The summed E-state index contributed by atoms with van der Waals surface area (Å²) in [5.74, 6) is -8.21. The number of alkyl halides is 3. The van der Waals surface area contributed by atoms with Gasteiger partial charge < -0.3 is 25.6 Å². The van der Waals surface area contributed by atoms with Crippen LogP contribution in [0.3, 0.4) is 0 Å². The maximum absolute atomic E-state index is 16.0. The molecule has 10 nitrogen and oxygen atoms in total. The zero-order valence-corrected chi connectivity index (χ0v) is 31.2. The second kappa shape index (κ2) is 18.1. The molecule has 0 spiro atoms. The van der Waals surface area contributed by atoms with Gasteiger partial charge in [-0.15, -0.1) is 11.3 Å². The fourth-order valence-corrected chi connectivity index (χ4v) is 6.78. The van der Waals surface area contributed by atoms with Gasteiger partial charge in [-0.3, -0.25) is 24.0 Å². The summed E-state index contributed by atoms with van der Waals surface area (Å²) in [5.41, 5.74) is -3.54. The fraction of sp³-hybridized carbons (Fsp3) is 0.308. The van der Waals surface area contributed by atoms with Crippen molar-refractivity contribution in [1.29, 1.82) is 0 Å². The Kier molecular flexibility index (Phi) is 13.9. The van der Waals surface area contributed by atoms with Crippen LogP contribution in [0, 0.1) is 11.6 Å². The third-order valence-electron chi connectivity index (χ3n) is 8.53. The molecule has 0 aliphatic rings. The number of likely N-dealkylation sites (N-methyl/N-ethyl adjacent to an activating group) is 2. The average Bonchev–Trinajstić information content (AvgIpc) is 3.68. The normalized spacial score (nSPS) is 11.4. The van der Waals surface area contributed by atoms with E-state index in [0.29, 0.717) is 10.9 Å². The molecule has 4 rings (SSSR count). The molecule has 1 heterocycles. The summed E-state index contributed by atoms with van der Waals surface area (Å²) in [7, 11) is 2.56. The number of ether oxygens (including phenoxy) is 1. The van der Waals surface area contributed by atoms with Gasteiger partial charge in [-0.05, 0) is 67.5 Å². The molecule has 0 aliphatic carbocycles. The van der Waals surface area contributed by atoms with Crippen LogP contribution in [0.15, 0.2) is 72.1 Å². The zero-order chi connectivity index (χ0) is 40.5. The lowest BCUT2D eigenvalue weighted by atomic mass is 9.78. The molecular formula is C39H39F5N4O6S. The van der Waals surface area contributed by atoms with Crippen LogP contribution < -0.4 is 20.7 Å². The fourth-order valence-electron chi connectivity index (χ4n) is 5.83. The molecular weight excluding hydrogens is 748 g/mol. The highest BCUT2D eigenvalue weighted by Gasteiger charge is 2.47. The summed E-state index contributed by atoms with van der Waals surface area (Å²) in [6.07, 6.45) is -4.73. The number of anilines is 1. The van der Waals surface area contributed by atoms with Crippen LogP contribution in [0.1, 0.15) is 70.7 Å². The van der Waals surface area contributed by atoms with Crippen molar-refractivity contribution in [2.45, 2.75) is 51.1 Å². The number of esters is 1. The van der Waals surface area contributed by atoms with Crippen LogP contribution in [0.5, 0.6) is 5.75 Å².